The second-order valence-corrected chi connectivity index (χ2v) is 11.5. The summed E-state index contributed by atoms with van der Waals surface area (Å²) >= 11 is 0. The zero-order valence-electron chi connectivity index (χ0n) is 28.2. The molecule has 14 heteroatoms. The number of guanidine groups is 1. The van der Waals surface area contributed by atoms with Crippen molar-refractivity contribution in [1.82, 2.24) is 40.3 Å². The SMILES string of the molecule is C=C(NCCNC(=C)C(CCN=C(N)N)NC)c1ccc(Nc2nccn3c(-c4ccc(Cc5ncccn5)c(F)c4F)cnc23)cc1CC. The average molecular weight is 681 g/mol. The highest BCUT2D eigenvalue weighted by atomic mass is 19.2. The third kappa shape index (κ3) is 8.39. The fourth-order valence-corrected chi connectivity index (χ4v) is 5.59. The molecule has 0 saturated heterocycles. The van der Waals surface area contributed by atoms with E-state index in [1.54, 1.807) is 47.4 Å². The van der Waals surface area contributed by atoms with Crippen molar-refractivity contribution in [2.75, 3.05) is 32.0 Å². The first-order valence-electron chi connectivity index (χ1n) is 16.2. The Balaban J connectivity index is 1.24. The highest BCUT2D eigenvalue weighted by molar-refractivity contribution is 5.76. The molecule has 3 heterocycles. The number of hydrogen-bond donors (Lipinski definition) is 6. The molecule has 0 aliphatic rings. The smallest absolute Gasteiger partial charge is 0.185 e. The van der Waals surface area contributed by atoms with Crippen molar-refractivity contribution >= 4 is 28.8 Å². The number of likely N-dealkylation sites (N-methyl/N-ethyl adjacent to an activating group) is 1. The van der Waals surface area contributed by atoms with Crippen molar-refractivity contribution in [3.8, 4) is 11.3 Å². The van der Waals surface area contributed by atoms with Gasteiger partial charge in [0.15, 0.2) is 29.1 Å². The van der Waals surface area contributed by atoms with E-state index in [-0.39, 0.29) is 29.5 Å². The van der Waals surface area contributed by atoms with Crippen LogP contribution >= 0.6 is 0 Å². The maximum absolute atomic E-state index is 15.4. The number of fused-ring (bicyclic) bond motifs is 1. The fourth-order valence-electron chi connectivity index (χ4n) is 5.59. The monoisotopic (exact) mass is 680 g/mol. The molecule has 0 saturated carbocycles. The van der Waals surface area contributed by atoms with E-state index >= 15 is 8.78 Å². The van der Waals surface area contributed by atoms with Crippen molar-refractivity contribution in [1.29, 1.82) is 0 Å². The molecule has 2 aromatic carbocycles. The van der Waals surface area contributed by atoms with E-state index in [1.165, 1.54) is 6.20 Å². The number of anilines is 2. The van der Waals surface area contributed by atoms with Gasteiger partial charge in [0.2, 0.25) is 0 Å². The Labute approximate surface area is 289 Å². The predicted octanol–water partition coefficient (Wildman–Crippen LogP) is 4.28. The van der Waals surface area contributed by atoms with Crippen LogP contribution in [0.5, 0.6) is 0 Å². The Morgan fingerprint density at radius 2 is 1.74 bits per heavy atom. The van der Waals surface area contributed by atoms with Crippen LogP contribution in [0.15, 0.2) is 91.2 Å². The van der Waals surface area contributed by atoms with Crippen LogP contribution in [0, 0.1) is 11.6 Å². The molecule has 0 spiro atoms. The first-order valence-corrected chi connectivity index (χ1v) is 16.2. The van der Waals surface area contributed by atoms with Gasteiger partial charge in [-0.15, -0.1) is 0 Å². The summed E-state index contributed by atoms with van der Waals surface area (Å²) in [7, 11) is 1.87. The highest BCUT2D eigenvalue weighted by Gasteiger charge is 2.20. The molecule has 5 aromatic rings. The molecule has 0 aliphatic heterocycles. The quantitative estimate of drug-likeness (QED) is 0.0474. The van der Waals surface area contributed by atoms with Crippen molar-refractivity contribution < 1.29 is 8.78 Å². The Morgan fingerprint density at radius 3 is 2.48 bits per heavy atom. The van der Waals surface area contributed by atoms with E-state index in [9.17, 15) is 0 Å². The van der Waals surface area contributed by atoms with Crippen molar-refractivity contribution in [3.05, 3.63) is 120 Å². The number of aromatic nitrogens is 5. The number of aryl methyl sites for hydroxylation is 1. The third-order valence-electron chi connectivity index (χ3n) is 8.20. The number of nitrogens with zero attached hydrogens (tertiary/aromatic N) is 6. The van der Waals surface area contributed by atoms with Crippen molar-refractivity contribution in [2.45, 2.75) is 32.2 Å². The van der Waals surface area contributed by atoms with Gasteiger partial charge in [-0.3, -0.25) is 9.39 Å². The van der Waals surface area contributed by atoms with Gasteiger partial charge >= 0.3 is 0 Å². The van der Waals surface area contributed by atoms with Gasteiger partial charge in [-0.05, 0) is 55.3 Å². The average Bonchev–Trinajstić information content (AvgIpc) is 3.55. The van der Waals surface area contributed by atoms with Crippen LogP contribution in [-0.2, 0) is 12.8 Å². The van der Waals surface area contributed by atoms with Crippen molar-refractivity contribution in [2.24, 2.45) is 16.5 Å². The summed E-state index contributed by atoms with van der Waals surface area (Å²) in [6.45, 7) is 12.3. The van der Waals surface area contributed by atoms with Crippen LogP contribution in [0.25, 0.3) is 22.6 Å². The maximum atomic E-state index is 15.4. The molecule has 0 fully saturated rings. The van der Waals surface area contributed by atoms with E-state index in [4.69, 9.17) is 11.5 Å². The first-order chi connectivity index (χ1) is 24.2. The van der Waals surface area contributed by atoms with Gasteiger partial charge in [0.1, 0.15) is 5.82 Å². The van der Waals surface area contributed by atoms with Crippen LogP contribution in [0.4, 0.5) is 20.3 Å². The summed E-state index contributed by atoms with van der Waals surface area (Å²) in [6.07, 6.45) is 9.44. The number of hydrogen-bond acceptors (Lipinski definition) is 9. The van der Waals surface area contributed by atoms with Crippen LogP contribution in [0.2, 0.25) is 0 Å². The topological polar surface area (TPSA) is 168 Å². The number of aliphatic imine (C=N–C) groups is 1. The van der Waals surface area contributed by atoms with Crippen LogP contribution in [0.1, 0.15) is 35.9 Å². The lowest BCUT2D eigenvalue weighted by atomic mass is 10.0. The Bertz CT molecular complexity index is 1990. The van der Waals surface area contributed by atoms with Gasteiger partial charge in [0, 0.05) is 85.1 Å². The molecule has 0 bridgehead atoms. The Kier molecular flexibility index (Phi) is 11.7. The number of halogens is 2. The maximum Gasteiger partial charge on any atom is 0.185 e. The molecule has 0 aliphatic carbocycles. The van der Waals surface area contributed by atoms with Crippen LogP contribution in [0.3, 0.4) is 0 Å². The Morgan fingerprint density at radius 1 is 0.960 bits per heavy atom. The molecular formula is C36H42F2N12. The van der Waals surface area contributed by atoms with E-state index in [1.807, 2.05) is 25.2 Å². The molecule has 3 aromatic heterocycles. The molecule has 0 amide bonds. The van der Waals surface area contributed by atoms with E-state index in [0.29, 0.717) is 49.0 Å². The fraction of sp³-hybridized carbons (Fsp3) is 0.250. The molecule has 5 rings (SSSR count). The standard InChI is InChI=1S/C36H42F2N12/c1-5-24-19-26(8-10-27(24)22(2)42-15-16-43-23(3)29(41-4)11-14-47-36(39)40)49-34-35-48-21-30(50(35)18-17-46-34)28-9-7-25(32(37)33(28)38)20-31-44-12-6-13-45-31/h6-10,12-13,17-19,21,29,41-43H,2-3,5,11,14-16,20H2,1,4H3,(H,46,49)(H4,39,40,47). The van der Waals surface area contributed by atoms with Gasteiger partial charge < -0.3 is 32.7 Å². The van der Waals surface area contributed by atoms with Crippen molar-refractivity contribution in [3.63, 3.8) is 0 Å². The lowest BCUT2D eigenvalue weighted by molar-refractivity contribution is 0.502. The van der Waals surface area contributed by atoms with E-state index < -0.39 is 11.6 Å². The molecule has 50 heavy (non-hydrogen) atoms. The van der Waals surface area contributed by atoms with E-state index in [0.717, 1.165) is 34.6 Å². The summed E-state index contributed by atoms with van der Waals surface area (Å²) in [5, 5.41) is 13.3. The normalized spacial score (nSPS) is 11.6. The first kappa shape index (κ1) is 35.4. The van der Waals surface area contributed by atoms with Gasteiger partial charge in [0.25, 0.3) is 0 Å². The highest BCUT2D eigenvalue weighted by Crippen LogP contribution is 2.30. The third-order valence-corrected chi connectivity index (χ3v) is 8.20. The Hall–Kier alpha value is -5.89. The minimum atomic E-state index is -0.967. The van der Waals surface area contributed by atoms with Gasteiger partial charge in [-0.25, -0.2) is 28.7 Å². The van der Waals surface area contributed by atoms with Gasteiger partial charge in [-0.1, -0.05) is 32.2 Å². The molecule has 260 valence electrons. The molecule has 0 radical (unpaired) electrons. The lowest BCUT2D eigenvalue weighted by Crippen LogP contribution is -2.37. The second-order valence-electron chi connectivity index (χ2n) is 11.5. The summed E-state index contributed by atoms with van der Waals surface area (Å²) in [6, 6.07) is 10.8. The largest absolute Gasteiger partial charge is 0.386 e. The zero-order valence-corrected chi connectivity index (χ0v) is 28.2. The van der Waals surface area contributed by atoms with Gasteiger partial charge in [-0.2, -0.15) is 0 Å². The molecule has 12 nitrogen and oxygen atoms in total. The molecular weight excluding hydrogens is 638 g/mol. The zero-order chi connectivity index (χ0) is 35.6. The molecule has 8 N–H and O–H groups in total. The lowest BCUT2D eigenvalue weighted by Gasteiger charge is -2.20. The molecule has 1 atom stereocenters. The van der Waals surface area contributed by atoms with Crippen LogP contribution in [-0.4, -0.2) is 63.0 Å². The number of nitrogens with two attached hydrogens (primary N) is 2. The summed E-state index contributed by atoms with van der Waals surface area (Å²) in [5.41, 5.74) is 16.5. The number of imidazole rings is 1. The number of rotatable bonds is 17. The number of benzene rings is 2. The summed E-state index contributed by atoms with van der Waals surface area (Å²) < 4.78 is 32.3. The van der Waals surface area contributed by atoms with Gasteiger partial charge in [0.05, 0.1) is 11.9 Å². The minimum absolute atomic E-state index is 0.0266. The van der Waals surface area contributed by atoms with E-state index in [2.05, 4.69) is 66.3 Å². The minimum Gasteiger partial charge on any atom is -0.386 e. The molecule has 1 unspecified atom stereocenters. The second kappa shape index (κ2) is 16.5. The number of nitrogens with one attached hydrogen (secondary N) is 4. The summed E-state index contributed by atoms with van der Waals surface area (Å²) in [5.74, 6) is -0.968. The summed E-state index contributed by atoms with van der Waals surface area (Å²) in [4.78, 5) is 21.3. The van der Waals surface area contributed by atoms with Crippen LogP contribution < -0.4 is 32.7 Å². The predicted molar refractivity (Wildman–Crippen MR) is 195 cm³/mol.